The van der Waals surface area contributed by atoms with E-state index in [0.717, 1.165) is 5.56 Å². The van der Waals surface area contributed by atoms with Gasteiger partial charge in [-0.2, -0.15) is 0 Å². The average Bonchev–Trinajstić information content (AvgIpc) is 2.67. The van der Waals surface area contributed by atoms with E-state index >= 15 is 0 Å². The molecule has 2 aromatic rings. The van der Waals surface area contributed by atoms with Crippen LogP contribution in [0, 0.1) is 18.7 Å². The molecule has 0 aliphatic carbocycles. The van der Waals surface area contributed by atoms with Crippen molar-refractivity contribution in [1.29, 1.82) is 0 Å². The molecule has 0 spiro atoms. The van der Waals surface area contributed by atoms with E-state index in [2.05, 4.69) is 10.6 Å². The summed E-state index contributed by atoms with van der Waals surface area (Å²) in [5, 5.41) is 5.42. The Labute approximate surface area is 164 Å². The van der Waals surface area contributed by atoms with Gasteiger partial charge in [0, 0.05) is 11.8 Å². The molecule has 6 nitrogen and oxygen atoms in total. The molecule has 2 rings (SSSR count). The van der Waals surface area contributed by atoms with Gasteiger partial charge < -0.3 is 20.1 Å². The van der Waals surface area contributed by atoms with Gasteiger partial charge in [0.25, 0.3) is 5.91 Å². The lowest BCUT2D eigenvalue weighted by Gasteiger charge is -2.23. The van der Waals surface area contributed by atoms with Gasteiger partial charge in [-0.15, -0.1) is 0 Å². The Morgan fingerprint density at radius 1 is 1.04 bits per heavy atom. The van der Waals surface area contributed by atoms with Crippen molar-refractivity contribution in [1.82, 2.24) is 5.32 Å². The summed E-state index contributed by atoms with van der Waals surface area (Å²) in [5.41, 5.74) is 1.20. The molecule has 28 heavy (non-hydrogen) atoms. The van der Waals surface area contributed by atoms with Crippen LogP contribution in [0.1, 0.15) is 29.8 Å². The zero-order valence-corrected chi connectivity index (χ0v) is 16.6. The molecule has 1 atom stereocenters. The predicted molar refractivity (Wildman–Crippen MR) is 105 cm³/mol. The van der Waals surface area contributed by atoms with Crippen molar-refractivity contribution < 1.29 is 23.5 Å². The number of hydrogen-bond donors (Lipinski definition) is 2. The molecule has 2 N–H and O–H groups in total. The summed E-state index contributed by atoms with van der Waals surface area (Å²) in [5.74, 6) is -0.882. The van der Waals surface area contributed by atoms with E-state index in [1.54, 1.807) is 32.0 Å². The lowest BCUT2D eigenvalue weighted by atomic mass is 10.0. The molecule has 0 saturated heterocycles. The standard InChI is InChI=1S/C21H25FN2O4/c1-12(2)19(24-20(25)14-8-6-7-9-15(14)22)21(26)23-16-11-18(28-5)17(27-4)10-13(16)3/h6-12,19H,1-5H3,(H,23,26)(H,24,25). The van der Waals surface area contributed by atoms with Crippen molar-refractivity contribution in [2.45, 2.75) is 26.8 Å². The van der Waals surface area contributed by atoms with E-state index in [0.29, 0.717) is 17.2 Å². The van der Waals surface area contributed by atoms with Crippen molar-refractivity contribution in [3.05, 3.63) is 53.3 Å². The number of benzene rings is 2. The van der Waals surface area contributed by atoms with Crippen LogP contribution in [0.2, 0.25) is 0 Å². The van der Waals surface area contributed by atoms with E-state index in [4.69, 9.17) is 9.47 Å². The molecule has 0 fully saturated rings. The molecule has 0 bridgehead atoms. The minimum Gasteiger partial charge on any atom is -0.493 e. The van der Waals surface area contributed by atoms with E-state index in [1.807, 2.05) is 6.92 Å². The van der Waals surface area contributed by atoms with Gasteiger partial charge in [-0.3, -0.25) is 9.59 Å². The third-order valence-electron chi connectivity index (χ3n) is 4.34. The highest BCUT2D eigenvalue weighted by Gasteiger charge is 2.26. The van der Waals surface area contributed by atoms with Crippen molar-refractivity contribution in [2.75, 3.05) is 19.5 Å². The summed E-state index contributed by atoms with van der Waals surface area (Å²) in [6.07, 6.45) is 0. The Morgan fingerprint density at radius 2 is 1.64 bits per heavy atom. The van der Waals surface area contributed by atoms with E-state index in [9.17, 15) is 14.0 Å². The Morgan fingerprint density at radius 3 is 2.21 bits per heavy atom. The van der Waals surface area contributed by atoms with Crippen molar-refractivity contribution in [3.8, 4) is 11.5 Å². The Hall–Kier alpha value is -3.09. The van der Waals surface area contributed by atoms with Gasteiger partial charge in [0.05, 0.1) is 19.8 Å². The number of carbonyl (C=O) groups excluding carboxylic acids is 2. The van der Waals surface area contributed by atoms with Crippen LogP contribution >= 0.6 is 0 Å². The maximum absolute atomic E-state index is 13.9. The van der Waals surface area contributed by atoms with Crippen molar-refractivity contribution in [3.63, 3.8) is 0 Å². The third-order valence-corrected chi connectivity index (χ3v) is 4.34. The number of hydrogen-bond acceptors (Lipinski definition) is 4. The highest BCUT2D eigenvalue weighted by Crippen LogP contribution is 2.33. The maximum atomic E-state index is 13.9. The zero-order valence-electron chi connectivity index (χ0n) is 16.6. The molecular formula is C21H25FN2O4. The van der Waals surface area contributed by atoms with Gasteiger partial charge in [-0.25, -0.2) is 4.39 Å². The van der Waals surface area contributed by atoms with Crippen LogP contribution in [0.4, 0.5) is 10.1 Å². The largest absolute Gasteiger partial charge is 0.493 e. The number of nitrogens with one attached hydrogen (secondary N) is 2. The molecule has 0 aromatic heterocycles. The van der Waals surface area contributed by atoms with Crippen LogP contribution in [-0.2, 0) is 4.79 Å². The fourth-order valence-corrected chi connectivity index (χ4v) is 2.73. The number of carbonyl (C=O) groups is 2. The van der Waals surface area contributed by atoms with Crippen LogP contribution in [0.5, 0.6) is 11.5 Å². The lowest BCUT2D eigenvalue weighted by molar-refractivity contribution is -0.118. The maximum Gasteiger partial charge on any atom is 0.254 e. The molecule has 2 amide bonds. The second kappa shape index (κ2) is 9.21. The SMILES string of the molecule is COc1cc(C)c(NC(=O)C(NC(=O)c2ccccc2F)C(C)C)cc1OC. The topological polar surface area (TPSA) is 76.7 Å². The molecule has 1 unspecified atom stereocenters. The fraction of sp³-hybridized carbons (Fsp3) is 0.333. The van der Waals surface area contributed by atoms with Gasteiger partial charge in [-0.1, -0.05) is 26.0 Å². The van der Waals surface area contributed by atoms with Crippen molar-refractivity contribution in [2.24, 2.45) is 5.92 Å². The number of rotatable bonds is 7. The Kier molecular flexibility index (Phi) is 6.98. The monoisotopic (exact) mass is 388 g/mol. The van der Waals surface area contributed by atoms with Crippen LogP contribution in [0.15, 0.2) is 36.4 Å². The first-order valence-electron chi connectivity index (χ1n) is 8.87. The molecule has 7 heteroatoms. The Bertz CT molecular complexity index is 867. The van der Waals surface area contributed by atoms with Crippen LogP contribution in [-0.4, -0.2) is 32.1 Å². The van der Waals surface area contributed by atoms with E-state index < -0.39 is 23.7 Å². The first-order valence-corrected chi connectivity index (χ1v) is 8.87. The zero-order chi connectivity index (χ0) is 20.8. The molecule has 0 saturated carbocycles. The normalized spacial score (nSPS) is 11.7. The van der Waals surface area contributed by atoms with Crippen LogP contribution in [0.25, 0.3) is 0 Å². The second-order valence-corrected chi connectivity index (χ2v) is 6.69. The number of halogens is 1. The van der Waals surface area contributed by atoms with Gasteiger partial charge in [0.1, 0.15) is 11.9 Å². The summed E-state index contributed by atoms with van der Waals surface area (Å²) in [6.45, 7) is 5.42. The summed E-state index contributed by atoms with van der Waals surface area (Å²) < 4.78 is 24.4. The Balaban J connectivity index is 2.22. The third kappa shape index (κ3) is 4.79. The molecule has 2 aromatic carbocycles. The number of ether oxygens (including phenoxy) is 2. The van der Waals surface area contributed by atoms with Gasteiger partial charge in [0.15, 0.2) is 11.5 Å². The molecule has 0 aliphatic rings. The highest BCUT2D eigenvalue weighted by molar-refractivity contribution is 6.01. The van der Waals surface area contributed by atoms with Crippen LogP contribution < -0.4 is 20.1 Å². The summed E-state index contributed by atoms with van der Waals surface area (Å²) in [4.78, 5) is 25.2. The molecule has 0 heterocycles. The minimum absolute atomic E-state index is 0.108. The summed E-state index contributed by atoms with van der Waals surface area (Å²) >= 11 is 0. The molecule has 0 aliphatic heterocycles. The van der Waals surface area contributed by atoms with Crippen molar-refractivity contribution >= 4 is 17.5 Å². The lowest BCUT2D eigenvalue weighted by Crippen LogP contribution is -2.47. The van der Waals surface area contributed by atoms with Crippen LogP contribution in [0.3, 0.4) is 0 Å². The molecule has 0 radical (unpaired) electrons. The average molecular weight is 388 g/mol. The number of amides is 2. The van der Waals surface area contributed by atoms with E-state index in [1.165, 1.54) is 32.4 Å². The smallest absolute Gasteiger partial charge is 0.254 e. The van der Waals surface area contributed by atoms with Gasteiger partial charge in [-0.05, 0) is 36.6 Å². The first kappa shape index (κ1) is 21.2. The van der Waals surface area contributed by atoms with Gasteiger partial charge in [0.2, 0.25) is 5.91 Å². The first-order chi connectivity index (χ1) is 13.3. The summed E-state index contributed by atoms with van der Waals surface area (Å²) in [7, 11) is 3.03. The summed E-state index contributed by atoms with van der Waals surface area (Å²) in [6, 6.07) is 8.19. The predicted octanol–water partition coefficient (Wildman–Crippen LogP) is 3.54. The minimum atomic E-state index is -0.848. The molecular weight excluding hydrogens is 363 g/mol. The van der Waals surface area contributed by atoms with Gasteiger partial charge >= 0.3 is 0 Å². The number of aryl methyl sites for hydroxylation is 1. The fourth-order valence-electron chi connectivity index (χ4n) is 2.73. The van der Waals surface area contributed by atoms with E-state index in [-0.39, 0.29) is 11.5 Å². The second-order valence-electron chi connectivity index (χ2n) is 6.69. The number of anilines is 1. The number of methoxy groups -OCH3 is 2. The quantitative estimate of drug-likeness (QED) is 0.761. The highest BCUT2D eigenvalue weighted by atomic mass is 19.1. The molecule has 150 valence electrons.